The highest BCUT2D eigenvalue weighted by molar-refractivity contribution is 7.81. The SMILES string of the molecule is CC[C@H](CO)NC(=O)[C@@H]1C[C@H](S)CN1C(=O)OCc1ccc([N+](=O)[O-])cc1. The fourth-order valence-electron chi connectivity index (χ4n) is 2.78. The largest absolute Gasteiger partial charge is 0.445 e. The minimum absolute atomic E-state index is 0.0476. The van der Waals surface area contributed by atoms with Crippen molar-refractivity contribution in [3.63, 3.8) is 0 Å². The third-order valence-electron chi connectivity index (χ3n) is 4.39. The molecule has 0 aromatic heterocycles. The first kappa shape index (κ1) is 21.0. The molecule has 1 heterocycles. The molecule has 10 heteroatoms. The Hall–Kier alpha value is -2.33. The second-order valence-electron chi connectivity index (χ2n) is 6.33. The minimum Gasteiger partial charge on any atom is -0.445 e. The van der Waals surface area contributed by atoms with Crippen LogP contribution in [0.25, 0.3) is 0 Å². The third-order valence-corrected chi connectivity index (χ3v) is 4.76. The average molecular weight is 397 g/mol. The lowest BCUT2D eigenvalue weighted by Crippen LogP contribution is -2.49. The summed E-state index contributed by atoms with van der Waals surface area (Å²) in [5.74, 6) is -0.347. The Morgan fingerprint density at radius 3 is 2.67 bits per heavy atom. The van der Waals surface area contributed by atoms with Crippen molar-refractivity contribution in [2.24, 2.45) is 0 Å². The summed E-state index contributed by atoms with van der Waals surface area (Å²) in [6, 6.07) is 4.60. The lowest BCUT2D eigenvalue weighted by molar-refractivity contribution is -0.384. The van der Waals surface area contributed by atoms with Gasteiger partial charge < -0.3 is 15.2 Å². The van der Waals surface area contributed by atoms with Gasteiger partial charge in [-0.3, -0.25) is 19.8 Å². The number of non-ortho nitro benzene ring substituents is 1. The molecule has 1 saturated heterocycles. The number of aliphatic hydroxyl groups is 1. The number of nitro groups is 1. The van der Waals surface area contributed by atoms with Crippen molar-refractivity contribution in [1.82, 2.24) is 10.2 Å². The van der Waals surface area contributed by atoms with Crippen LogP contribution in [-0.2, 0) is 16.1 Å². The molecule has 1 aliphatic rings. The summed E-state index contributed by atoms with van der Waals surface area (Å²) in [5.41, 5.74) is 0.552. The molecule has 1 aliphatic heterocycles. The maximum Gasteiger partial charge on any atom is 0.410 e. The van der Waals surface area contributed by atoms with Gasteiger partial charge in [-0.25, -0.2) is 4.79 Å². The molecule has 1 aromatic rings. The summed E-state index contributed by atoms with van der Waals surface area (Å²) in [5, 5.41) is 22.5. The number of thiol groups is 1. The smallest absolute Gasteiger partial charge is 0.410 e. The van der Waals surface area contributed by atoms with Crippen molar-refractivity contribution in [3.8, 4) is 0 Å². The van der Waals surface area contributed by atoms with Gasteiger partial charge in [0.05, 0.1) is 17.6 Å². The Balaban J connectivity index is 1.96. The van der Waals surface area contributed by atoms with E-state index in [0.717, 1.165) is 0 Å². The molecule has 1 aromatic carbocycles. The summed E-state index contributed by atoms with van der Waals surface area (Å²) in [6.45, 7) is 1.88. The number of carbonyl (C=O) groups is 2. The first-order chi connectivity index (χ1) is 12.8. The number of ether oxygens (including phenoxy) is 1. The molecule has 0 saturated carbocycles. The van der Waals surface area contributed by atoms with Crippen LogP contribution in [0.3, 0.4) is 0 Å². The molecule has 3 atom stereocenters. The molecule has 0 radical (unpaired) electrons. The molecule has 2 N–H and O–H groups in total. The van der Waals surface area contributed by atoms with Crippen molar-refractivity contribution < 1.29 is 24.4 Å². The lowest BCUT2D eigenvalue weighted by atomic mass is 10.1. The van der Waals surface area contributed by atoms with E-state index in [4.69, 9.17) is 4.74 Å². The molecule has 0 unspecified atom stereocenters. The number of benzene rings is 1. The van der Waals surface area contributed by atoms with Crippen LogP contribution in [0.15, 0.2) is 24.3 Å². The fraction of sp³-hybridized carbons (Fsp3) is 0.529. The molecule has 148 valence electrons. The van der Waals surface area contributed by atoms with E-state index in [2.05, 4.69) is 17.9 Å². The summed E-state index contributed by atoms with van der Waals surface area (Å²) >= 11 is 4.36. The predicted molar refractivity (Wildman–Crippen MR) is 100 cm³/mol. The van der Waals surface area contributed by atoms with E-state index >= 15 is 0 Å². The highest BCUT2D eigenvalue weighted by Gasteiger charge is 2.39. The van der Waals surface area contributed by atoms with E-state index in [1.54, 1.807) is 0 Å². The average Bonchev–Trinajstić information content (AvgIpc) is 3.06. The maximum atomic E-state index is 12.4. The Morgan fingerprint density at radius 1 is 1.44 bits per heavy atom. The second kappa shape index (κ2) is 9.56. The van der Waals surface area contributed by atoms with Gasteiger partial charge in [0.2, 0.25) is 5.91 Å². The summed E-state index contributed by atoms with van der Waals surface area (Å²) in [7, 11) is 0. The van der Waals surface area contributed by atoms with E-state index in [1.165, 1.54) is 29.2 Å². The molecule has 9 nitrogen and oxygen atoms in total. The number of nitro benzene ring substituents is 1. The molecule has 0 aliphatic carbocycles. The van der Waals surface area contributed by atoms with E-state index in [1.807, 2.05) is 6.92 Å². The van der Waals surface area contributed by atoms with Crippen LogP contribution in [0.1, 0.15) is 25.3 Å². The topological polar surface area (TPSA) is 122 Å². The summed E-state index contributed by atoms with van der Waals surface area (Å²) in [6.07, 6.45) is 0.315. The first-order valence-corrected chi connectivity index (χ1v) is 9.13. The quantitative estimate of drug-likeness (QED) is 0.364. The maximum absolute atomic E-state index is 12.4. The highest BCUT2D eigenvalue weighted by Crippen LogP contribution is 2.23. The second-order valence-corrected chi connectivity index (χ2v) is 7.06. The molecule has 2 rings (SSSR count). The molecule has 27 heavy (non-hydrogen) atoms. The molecular weight excluding hydrogens is 374 g/mol. The van der Waals surface area contributed by atoms with Crippen LogP contribution in [0.2, 0.25) is 0 Å². The van der Waals surface area contributed by atoms with Gasteiger partial charge in [0.1, 0.15) is 12.6 Å². The molecular formula is C17H23N3O6S. The van der Waals surface area contributed by atoms with E-state index < -0.39 is 17.1 Å². The van der Waals surface area contributed by atoms with Gasteiger partial charge in [-0.2, -0.15) is 12.6 Å². The zero-order valence-electron chi connectivity index (χ0n) is 14.9. The van der Waals surface area contributed by atoms with Gasteiger partial charge in [-0.1, -0.05) is 6.92 Å². The molecule has 2 amide bonds. The van der Waals surface area contributed by atoms with Gasteiger partial charge >= 0.3 is 6.09 Å². The normalized spacial score (nSPS) is 20.2. The summed E-state index contributed by atoms with van der Waals surface area (Å²) in [4.78, 5) is 36.3. The van der Waals surface area contributed by atoms with E-state index in [-0.39, 0.29) is 42.6 Å². The lowest BCUT2D eigenvalue weighted by Gasteiger charge is -2.25. The van der Waals surface area contributed by atoms with Gasteiger partial charge in [-0.05, 0) is 30.5 Å². The number of nitrogens with zero attached hydrogens (tertiary/aromatic N) is 2. The predicted octanol–water partition coefficient (Wildman–Crippen LogP) is 1.49. The van der Waals surface area contributed by atoms with Gasteiger partial charge in [0, 0.05) is 23.9 Å². The number of rotatable bonds is 7. The van der Waals surface area contributed by atoms with Crippen molar-refractivity contribution in [3.05, 3.63) is 39.9 Å². The van der Waals surface area contributed by atoms with Crippen LogP contribution in [0.5, 0.6) is 0 Å². The third kappa shape index (κ3) is 5.57. The number of likely N-dealkylation sites (tertiary alicyclic amines) is 1. The number of aliphatic hydroxyl groups excluding tert-OH is 1. The number of hydrogen-bond acceptors (Lipinski definition) is 7. The van der Waals surface area contributed by atoms with Gasteiger partial charge in [-0.15, -0.1) is 0 Å². The van der Waals surface area contributed by atoms with Crippen molar-refractivity contribution in [2.45, 2.75) is 43.7 Å². The number of hydrogen-bond donors (Lipinski definition) is 3. The van der Waals surface area contributed by atoms with Crippen LogP contribution in [-0.4, -0.2) is 57.4 Å². The Bertz CT molecular complexity index is 680. The van der Waals surface area contributed by atoms with Crippen molar-refractivity contribution >= 4 is 30.3 Å². The molecule has 0 spiro atoms. The number of nitrogens with one attached hydrogen (secondary N) is 1. The first-order valence-electron chi connectivity index (χ1n) is 8.61. The molecule has 0 bridgehead atoms. The Morgan fingerprint density at radius 2 is 2.11 bits per heavy atom. The summed E-state index contributed by atoms with van der Waals surface area (Å²) < 4.78 is 5.25. The monoisotopic (exact) mass is 397 g/mol. The number of amides is 2. The standard InChI is InChI=1S/C17H23N3O6S/c1-2-12(9-21)18-16(22)15-7-14(27)8-19(15)17(23)26-10-11-3-5-13(6-4-11)20(24)25/h3-6,12,14-15,21,27H,2,7-10H2,1H3,(H,18,22)/t12-,14+,15+/m1/s1. The Labute approximate surface area is 162 Å². The molecule has 1 fully saturated rings. The van der Waals surface area contributed by atoms with E-state index in [0.29, 0.717) is 18.4 Å². The van der Waals surface area contributed by atoms with Crippen LogP contribution in [0, 0.1) is 10.1 Å². The van der Waals surface area contributed by atoms with E-state index in [9.17, 15) is 24.8 Å². The van der Waals surface area contributed by atoms with Gasteiger partial charge in [0.15, 0.2) is 0 Å². The fourth-order valence-corrected chi connectivity index (χ4v) is 3.16. The van der Waals surface area contributed by atoms with Gasteiger partial charge in [0.25, 0.3) is 5.69 Å². The van der Waals surface area contributed by atoms with Crippen LogP contribution in [0.4, 0.5) is 10.5 Å². The number of carbonyl (C=O) groups excluding carboxylic acids is 2. The van der Waals surface area contributed by atoms with Crippen LogP contribution >= 0.6 is 12.6 Å². The van der Waals surface area contributed by atoms with Crippen molar-refractivity contribution in [2.75, 3.05) is 13.2 Å². The van der Waals surface area contributed by atoms with Crippen LogP contribution < -0.4 is 5.32 Å². The zero-order chi connectivity index (χ0) is 20.0. The highest BCUT2D eigenvalue weighted by atomic mass is 32.1. The Kier molecular flexibility index (Phi) is 7.43. The minimum atomic E-state index is -0.711. The zero-order valence-corrected chi connectivity index (χ0v) is 15.8. The van der Waals surface area contributed by atoms with Crippen molar-refractivity contribution in [1.29, 1.82) is 0 Å².